The zero-order chi connectivity index (χ0) is 15.8. The van der Waals surface area contributed by atoms with E-state index in [1.54, 1.807) is 12.4 Å². The van der Waals surface area contributed by atoms with Crippen LogP contribution >= 0.6 is 0 Å². The number of rotatable bonds is 6. The van der Waals surface area contributed by atoms with Gasteiger partial charge in [0.1, 0.15) is 11.9 Å². The Hall–Kier alpha value is -2.56. The molecule has 5 heteroatoms. The van der Waals surface area contributed by atoms with Gasteiger partial charge >= 0.3 is 6.03 Å². The summed E-state index contributed by atoms with van der Waals surface area (Å²) in [4.78, 5) is 15.7. The van der Waals surface area contributed by atoms with Crippen molar-refractivity contribution < 1.29 is 9.53 Å². The summed E-state index contributed by atoms with van der Waals surface area (Å²) in [6, 6.07) is 11.3. The molecule has 0 bridgehead atoms. The molecule has 0 saturated carbocycles. The Kier molecular flexibility index (Phi) is 5.77. The molecule has 5 nitrogen and oxygen atoms in total. The predicted octanol–water partition coefficient (Wildman–Crippen LogP) is 2.66. The number of ether oxygens (including phenoxy) is 1. The van der Waals surface area contributed by atoms with Gasteiger partial charge in [0.2, 0.25) is 0 Å². The number of para-hydroxylation sites is 1. The third-order valence-corrected chi connectivity index (χ3v) is 3.17. The van der Waals surface area contributed by atoms with Gasteiger partial charge in [-0.3, -0.25) is 4.98 Å². The lowest BCUT2D eigenvalue weighted by molar-refractivity contribution is 0.206. The molecular weight excluding hydrogens is 278 g/mol. The summed E-state index contributed by atoms with van der Waals surface area (Å²) in [6.45, 7) is 4.84. The third-order valence-electron chi connectivity index (χ3n) is 3.17. The molecule has 0 spiro atoms. The first kappa shape index (κ1) is 15.8. The highest BCUT2D eigenvalue weighted by molar-refractivity contribution is 5.73. The second kappa shape index (κ2) is 8.02. The molecule has 2 aromatic rings. The Balaban J connectivity index is 1.71. The van der Waals surface area contributed by atoms with E-state index in [4.69, 9.17) is 4.74 Å². The molecule has 0 saturated heterocycles. The Morgan fingerprint density at radius 1 is 1.18 bits per heavy atom. The molecule has 0 aliphatic heterocycles. The number of nitrogens with zero attached hydrogens (tertiary/aromatic N) is 1. The molecule has 22 heavy (non-hydrogen) atoms. The number of hydrogen-bond acceptors (Lipinski definition) is 3. The number of carbonyl (C=O) groups is 1. The lowest BCUT2D eigenvalue weighted by Gasteiger charge is -2.17. The topological polar surface area (TPSA) is 63.2 Å². The predicted molar refractivity (Wildman–Crippen MR) is 85.7 cm³/mol. The maximum atomic E-state index is 11.7. The number of urea groups is 1. The van der Waals surface area contributed by atoms with Gasteiger partial charge in [0.15, 0.2) is 0 Å². The van der Waals surface area contributed by atoms with Gasteiger partial charge in [-0.15, -0.1) is 0 Å². The number of aryl methyl sites for hydroxylation is 1. The number of aromatic nitrogens is 1. The maximum Gasteiger partial charge on any atom is 0.315 e. The highest BCUT2D eigenvalue weighted by Gasteiger charge is 2.08. The SMILES string of the molecule is Cc1ccccc1O[C@H](C)CNC(=O)NCc1ccncc1. The van der Waals surface area contributed by atoms with Gasteiger partial charge in [0.25, 0.3) is 0 Å². The number of pyridine rings is 1. The molecular formula is C17H21N3O2. The molecule has 1 atom stereocenters. The van der Waals surface area contributed by atoms with E-state index in [0.29, 0.717) is 13.1 Å². The first-order valence-corrected chi connectivity index (χ1v) is 7.28. The average Bonchev–Trinajstić information content (AvgIpc) is 2.54. The Morgan fingerprint density at radius 2 is 1.91 bits per heavy atom. The maximum absolute atomic E-state index is 11.7. The lowest BCUT2D eigenvalue weighted by atomic mass is 10.2. The van der Waals surface area contributed by atoms with Crippen LogP contribution in [0.3, 0.4) is 0 Å². The molecule has 2 rings (SSSR count). The summed E-state index contributed by atoms with van der Waals surface area (Å²) in [5.41, 5.74) is 2.09. The van der Waals surface area contributed by atoms with Crippen LogP contribution in [0.1, 0.15) is 18.1 Å². The number of carbonyl (C=O) groups excluding carboxylic acids is 1. The van der Waals surface area contributed by atoms with Crippen molar-refractivity contribution in [2.75, 3.05) is 6.54 Å². The fourth-order valence-electron chi connectivity index (χ4n) is 1.93. The van der Waals surface area contributed by atoms with Crippen molar-refractivity contribution in [3.63, 3.8) is 0 Å². The summed E-state index contributed by atoms with van der Waals surface area (Å²) < 4.78 is 5.81. The lowest BCUT2D eigenvalue weighted by Crippen LogP contribution is -2.40. The minimum atomic E-state index is -0.211. The van der Waals surface area contributed by atoms with Crippen LogP contribution in [0, 0.1) is 6.92 Å². The van der Waals surface area contributed by atoms with Crippen molar-refractivity contribution in [1.82, 2.24) is 15.6 Å². The van der Waals surface area contributed by atoms with Gasteiger partial charge in [0, 0.05) is 18.9 Å². The summed E-state index contributed by atoms with van der Waals surface area (Å²) in [6.07, 6.45) is 3.30. The second-order valence-electron chi connectivity index (χ2n) is 5.11. The minimum Gasteiger partial charge on any atom is -0.489 e. The van der Waals surface area contributed by atoms with Crippen LogP contribution < -0.4 is 15.4 Å². The van der Waals surface area contributed by atoms with Crippen LogP contribution in [-0.2, 0) is 6.54 Å². The van der Waals surface area contributed by atoms with Gasteiger partial charge in [-0.1, -0.05) is 18.2 Å². The quantitative estimate of drug-likeness (QED) is 0.862. The fourth-order valence-corrected chi connectivity index (χ4v) is 1.93. The van der Waals surface area contributed by atoms with Crippen molar-refractivity contribution in [3.05, 3.63) is 59.9 Å². The summed E-state index contributed by atoms with van der Waals surface area (Å²) in [7, 11) is 0. The molecule has 1 aromatic carbocycles. The van der Waals surface area contributed by atoms with Gasteiger partial charge in [-0.25, -0.2) is 4.79 Å². The monoisotopic (exact) mass is 299 g/mol. The van der Waals surface area contributed by atoms with Crippen molar-refractivity contribution in [3.8, 4) is 5.75 Å². The van der Waals surface area contributed by atoms with E-state index in [0.717, 1.165) is 16.9 Å². The molecule has 0 unspecified atom stereocenters. The second-order valence-corrected chi connectivity index (χ2v) is 5.11. The van der Waals surface area contributed by atoms with Gasteiger partial charge < -0.3 is 15.4 Å². The van der Waals surface area contributed by atoms with Gasteiger partial charge in [0.05, 0.1) is 6.54 Å². The summed E-state index contributed by atoms with van der Waals surface area (Å²) in [5.74, 6) is 0.842. The molecule has 1 heterocycles. The molecule has 2 N–H and O–H groups in total. The zero-order valence-electron chi connectivity index (χ0n) is 12.9. The fraction of sp³-hybridized carbons (Fsp3) is 0.294. The first-order chi connectivity index (χ1) is 10.6. The number of amides is 2. The Bertz CT molecular complexity index is 602. The molecule has 0 radical (unpaired) electrons. The number of benzene rings is 1. The van der Waals surface area contributed by atoms with Crippen molar-refractivity contribution >= 4 is 6.03 Å². The van der Waals surface area contributed by atoms with Crippen LogP contribution in [0.4, 0.5) is 4.79 Å². The summed E-state index contributed by atoms with van der Waals surface area (Å²) in [5, 5.41) is 5.60. The molecule has 0 fully saturated rings. The van der Waals surface area contributed by atoms with E-state index >= 15 is 0 Å². The van der Waals surface area contributed by atoms with E-state index in [2.05, 4.69) is 15.6 Å². The third kappa shape index (κ3) is 5.09. The van der Waals surface area contributed by atoms with E-state index in [1.807, 2.05) is 50.2 Å². The summed E-state index contributed by atoms with van der Waals surface area (Å²) >= 11 is 0. The smallest absolute Gasteiger partial charge is 0.315 e. The number of nitrogens with one attached hydrogen (secondary N) is 2. The van der Waals surface area contributed by atoms with Crippen LogP contribution in [0.2, 0.25) is 0 Å². The molecule has 2 amide bonds. The van der Waals surface area contributed by atoms with Gasteiger partial charge in [-0.05, 0) is 43.2 Å². The highest BCUT2D eigenvalue weighted by atomic mass is 16.5. The van der Waals surface area contributed by atoms with Crippen LogP contribution in [0.15, 0.2) is 48.8 Å². The normalized spacial score (nSPS) is 11.5. The molecule has 0 aliphatic rings. The average molecular weight is 299 g/mol. The van der Waals surface area contributed by atoms with E-state index in [1.165, 1.54) is 0 Å². The van der Waals surface area contributed by atoms with E-state index < -0.39 is 0 Å². The first-order valence-electron chi connectivity index (χ1n) is 7.28. The van der Waals surface area contributed by atoms with Crippen LogP contribution in [-0.4, -0.2) is 23.7 Å². The van der Waals surface area contributed by atoms with Crippen LogP contribution in [0.5, 0.6) is 5.75 Å². The van der Waals surface area contributed by atoms with Crippen LogP contribution in [0.25, 0.3) is 0 Å². The minimum absolute atomic E-state index is 0.104. The van der Waals surface area contributed by atoms with E-state index in [-0.39, 0.29) is 12.1 Å². The largest absolute Gasteiger partial charge is 0.489 e. The van der Waals surface area contributed by atoms with Crippen molar-refractivity contribution in [2.24, 2.45) is 0 Å². The standard InChI is InChI=1S/C17H21N3O2/c1-13-5-3-4-6-16(13)22-14(2)11-19-17(21)20-12-15-7-9-18-10-8-15/h3-10,14H,11-12H2,1-2H3,(H2,19,20,21)/t14-/m1/s1. The van der Waals surface area contributed by atoms with Crippen molar-refractivity contribution in [2.45, 2.75) is 26.5 Å². The highest BCUT2D eigenvalue weighted by Crippen LogP contribution is 2.17. The number of hydrogen-bond donors (Lipinski definition) is 2. The molecule has 0 aliphatic carbocycles. The van der Waals surface area contributed by atoms with E-state index in [9.17, 15) is 4.79 Å². The van der Waals surface area contributed by atoms with Gasteiger partial charge in [-0.2, -0.15) is 0 Å². The molecule has 1 aromatic heterocycles. The Labute approximate surface area is 130 Å². The molecule has 116 valence electrons. The Morgan fingerprint density at radius 3 is 2.64 bits per heavy atom. The van der Waals surface area contributed by atoms with Crippen molar-refractivity contribution in [1.29, 1.82) is 0 Å². The zero-order valence-corrected chi connectivity index (χ0v) is 12.9.